The van der Waals surface area contributed by atoms with Crippen LogP contribution in [0.15, 0.2) is 42.5 Å². The molecule has 1 amide bonds. The Balaban J connectivity index is 1.42. The van der Waals surface area contributed by atoms with Gasteiger partial charge in [-0.2, -0.15) is 5.10 Å². The molecule has 0 aliphatic rings. The van der Waals surface area contributed by atoms with E-state index in [-0.39, 0.29) is 5.91 Å². The highest BCUT2D eigenvalue weighted by Gasteiger charge is 2.15. The zero-order chi connectivity index (χ0) is 27.2. The van der Waals surface area contributed by atoms with E-state index in [2.05, 4.69) is 5.32 Å². The largest absolute Gasteiger partial charge is 0.497 e. The summed E-state index contributed by atoms with van der Waals surface area (Å²) < 4.78 is 23.3. The molecule has 0 saturated heterocycles. The van der Waals surface area contributed by atoms with Crippen molar-refractivity contribution in [2.75, 3.05) is 35.0 Å². The van der Waals surface area contributed by atoms with Crippen LogP contribution >= 0.6 is 0 Å². The molecular formula is C29H34N4O5. The molecule has 0 aliphatic carbocycles. The first-order chi connectivity index (χ1) is 18.4. The molecule has 1 N–H and O–H groups in total. The first kappa shape index (κ1) is 26.8. The zero-order valence-corrected chi connectivity index (χ0v) is 22.8. The Hall–Kier alpha value is -4.27. The maximum absolute atomic E-state index is 12.6. The lowest BCUT2D eigenvalue weighted by atomic mass is 10.1. The number of amides is 1. The summed E-state index contributed by atoms with van der Waals surface area (Å²) in [7, 11) is 6.46. The molecule has 2 aromatic heterocycles. The van der Waals surface area contributed by atoms with Crippen LogP contribution < -0.4 is 24.3 Å². The molecule has 0 aliphatic heterocycles. The quantitative estimate of drug-likeness (QED) is 0.316. The first-order valence-electron chi connectivity index (χ1n) is 12.4. The Morgan fingerprint density at radius 1 is 0.868 bits per heavy atom. The van der Waals surface area contributed by atoms with Crippen molar-refractivity contribution in [1.29, 1.82) is 0 Å². The molecule has 4 rings (SSSR count). The first-order valence-corrected chi connectivity index (χ1v) is 12.4. The SMILES string of the molecule is COc1cc(OC)cc(-c2cc3nc(C)c(CCC(=O)NCCc4ccc(OC)c(OC)c4)c(C)n3n2)c1. The van der Waals surface area contributed by atoms with E-state index in [0.29, 0.717) is 48.8 Å². The van der Waals surface area contributed by atoms with Crippen LogP contribution in [0, 0.1) is 13.8 Å². The van der Waals surface area contributed by atoms with Crippen LogP contribution in [-0.4, -0.2) is 55.5 Å². The van der Waals surface area contributed by atoms with Crippen molar-refractivity contribution < 1.29 is 23.7 Å². The smallest absolute Gasteiger partial charge is 0.220 e. The third-order valence-electron chi connectivity index (χ3n) is 6.60. The topological polar surface area (TPSA) is 96.2 Å². The molecule has 2 heterocycles. The van der Waals surface area contributed by atoms with Crippen molar-refractivity contribution in [3.05, 3.63) is 65.0 Å². The molecule has 0 radical (unpaired) electrons. The summed E-state index contributed by atoms with van der Waals surface area (Å²) in [4.78, 5) is 17.4. The van der Waals surface area contributed by atoms with E-state index in [9.17, 15) is 4.79 Å². The van der Waals surface area contributed by atoms with Crippen molar-refractivity contribution in [1.82, 2.24) is 19.9 Å². The van der Waals surface area contributed by atoms with Gasteiger partial charge in [-0.15, -0.1) is 0 Å². The molecule has 200 valence electrons. The highest BCUT2D eigenvalue weighted by molar-refractivity contribution is 5.76. The summed E-state index contributed by atoms with van der Waals surface area (Å²) >= 11 is 0. The van der Waals surface area contributed by atoms with Crippen LogP contribution in [0.1, 0.15) is 28.9 Å². The van der Waals surface area contributed by atoms with Gasteiger partial charge >= 0.3 is 0 Å². The lowest BCUT2D eigenvalue weighted by Gasteiger charge is -2.12. The van der Waals surface area contributed by atoms with Crippen molar-refractivity contribution in [3.8, 4) is 34.3 Å². The second-order valence-corrected chi connectivity index (χ2v) is 8.95. The van der Waals surface area contributed by atoms with Crippen LogP contribution in [0.4, 0.5) is 0 Å². The van der Waals surface area contributed by atoms with Crippen molar-refractivity contribution in [3.63, 3.8) is 0 Å². The van der Waals surface area contributed by atoms with Crippen molar-refractivity contribution in [2.45, 2.75) is 33.1 Å². The van der Waals surface area contributed by atoms with Gasteiger partial charge in [0, 0.05) is 42.0 Å². The highest BCUT2D eigenvalue weighted by atomic mass is 16.5. The van der Waals surface area contributed by atoms with Gasteiger partial charge in [-0.05, 0) is 62.1 Å². The van der Waals surface area contributed by atoms with Gasteiger partial charge in [0.1, 0.15) is 11.5 Å². The predicted molar refractivity (Wildman–Crippen MR) is 146 cm³/mol. The fraction of sp³-hybridized carbons (Fsp3) is 0.345. The summed E-state index contributed by atoms with van der Waals surface area (Å²) in [5.41, 5.74) is 6.33. The number of ether oxygens (including phenoxy) is 4. The average molecular weight is 519 g/mol. The van der Waals surface area contributed by atoms with E-state index >= 15 is 0 Å². The number of carbonyl (C=O) groups excluding carboxylic acids is 1. The summed E-state index contributed by atoms with van der Waals surface area (Å²) in [5, 5.41) is 7.81. The highest BCUT2D eigenvalue weighted by Crippen LogP contribution is 2.30. The van der Waals surface area contributed by atoms with Crippen LogP contribution in [0.25, 0.3) is 16.9 Å². The number of hydrogen-bond acceptors (Lipinski definition) is 7. The molecule has 38 heavy (non-hydrogen) atoms. The van der Waals surface area contributed by atoms with Gasteiger partial charge in [-0.25, -0.2) is 9.50 Å². The van der Waals surface area contributed by atoms with E-state index in [1.165, 1.54) is 0 Å². The monoisotopic (exact) mass is 518 g/mol. The van der Waals surface area contributed by atoms with E-state index in [1.807, 2.05) is 60.8 Å². The summed E-state index contributed by atoms with van der Waals surface area (Å²) in [6.07, 6.45) is 1.63. The molecule has 9 nitrogen and oxygen atoms in total. The fourth-order valence-electron chi connectivity index (χ4n) is 4.49. The minimum Gasteiger partial charge on any atom is -0.497 e. The Labute approximate surface area is 222 Å². The maximum Gasteiger partial charge on any atom is 0.220 e. The molecule has 0 bridgehead atoms. The fourth-order valence-corrected chi connectivity index (χ4v) is 4.49. The van der Waals surface area contributed by atoms with E-state index in [4.69, 9.17) is 29.0 Å². The number of hydrogen-bond donors (Lipinski definition) is 1. The lowest BCUT2D eigenvalue weighted by Crippen LogP contribution is -2.26. The number of rotatable bonds is 11. The van der Waals surface area contributed by atoms with Gasteiger partial charge in [-0.1, -0.05) is 6.07 Å². The number of nitrogens with one attached hydrogen (secondary N) is 1. The van der Waals surface area contributed by atoms with Gasteiger partial charge in [0.05, 0.1) is 34.1 Å². The van der Waals surface area contributed by atoms with Crippen LogP contribution in [0.2, 0.25) is 0 Å². The van der Waals surface area contributed by atoms with E-state index in [1.54, 1.807) is 28.4 Å². The third-order valence-corrected chi connectivity index (χ3v) is 6.60. The minimum absolute atomic E-state index is 0.00555. The van der Waals surface area contributed by atoms with E-state index < -0.39 is 0 Å². The lowest BCUT2D eigenvalue weighted by molar-refractivity contribution is -0.121. The summed E-state index contributed by atoms with van der Waals surface area (Å²) in [6.45, 7) is 4.52. The summed E-state index contributed by atoms with van der Waals surface area (Å²) in [6, 6.07) is 13.4. The molecule has 0 unspecified atom stereocenters. The minimum atomic E-state index is -0.00555. The molecule has 9 heteroatoms. The number of methoxy groups -OCH3 is 4. The van der Waals surface area contributed by atoms with Crippen molar-refractivity contribution >= 4 is 11.6 Å². The summed E-state index contributed by atoms with van der Waals surface area (Å²) in [5.74, 6) is 2.74. The van der Waals surface area contributed by atoms with E-state index in [0.717, 1.165) is 39.4 Å². The third kappa shape index (κ3) is 5.82. The molecule has 4 aromatic rings. The number of benzene rings is 2. The Bertz CT molecular complexity index is 1420. The Morgan fingerprint density at radius 2 is 1.58 bits per heavy atom. The molecular weight excluding hydrogens is 484 g/mol. The Kier molecular flexibility index (Phi) is 8.35. The molecule has 0 atom stereocenters. The van der Waals surface area contributed by atoms with Gasteiger partial charge < -0.3 is 24.3 Å². The van der Waals surface area contributed by atoms with Gasteiger partial charge in [0.15, 0.2) is 17.1 Å². The second-order valence-electron chi connectivity index (χ2n) is 8.95. The average Bonchev–Trinajstić information content (AvgIpc) is 3.36. The number of aromatic nitrogens is 3. The molecule has 2 aromatic carbocycles. The van der Waals surface area contributed by atoms with Gasteiger partial charge in [0.2, 0.25) is 5.91 Å². The Morgan fingerprint density at radius 3 is 2.24 bits per heavy atom. The molecule has 0 saturated carbocycles. The zero-order valence-electron chi connectivity index (χ0n) is 22.8. The van der Waals surface area contributed by atoms with Crippen molar-refractivity contribution in [2.24, 2.45) is 0 Å². The van der Waals surface area contributed by atoms with Crippen LogP contribution in [0.3, 0.4) is 0 Å². The van der Waals surface area contributed by atoms with Gasteiger partial charge in [0.25, 0.3) is 0 Å². The number of carbonyl (C=O) groups is 1. The number of fused-ring (bicyclic) bond motifs is 1. The molecule has 0 spiro atoms. The predicted octanol–water partition coefficient (Wildman–Crippen LogP) is 4.34. The van der Waals surface area contributed by atoms with Crippen LogP contribution in [0.5, 0.6) is 23.0 Å². The number of aryl methyl sites for hydroxylation is 2. The molecule has 0 fully saturated rings. The normalized spacial score (nSPS) is 10.9. The van der Waals surface area contributed by atoms with Gasteiger partial charge in [-0.3, -0.25) is 4.79 Å². The second kappa shape index (κ2) is 11.9. The maximum atomic E-state index is 12.6. The number of nitrogens with zero attached hydrogens (tertiary/aromatic N) is 3. The standard InChI is InChI=1S/C29H34N4O5/c1-18-24(8-10-29(34)30-12-11-20-7-9-26(37-5)27(13-20)38-6)19(2)33-28(31-18)17-25(32-33)21-14-22(35-3)16-23(15-21)36-4/h7,9,13-17H,8,10-12H2,1-6H3,(H,30,34). The van der Waals surface area contributed by atoms with Crippen LogP contribution in [-0.2, 0) is 17.6 Å².